The molecule has 1 aromatic heterocycles. The van der Waals surface area contributed by atoms with Crippen LogP contribution in [0.5, 0.6) is 0 Å². The molecule has 3 heterocycles. The molecule has 1 aromatic rings. The van der Waals surface area contributed by atoms with Gasteiger partial charge >= 0.3 is 0 Å². The second-order valence-electron chi connectivity index (χ2n) is 6.65. The lowest BCUT2D eigenvalue weighted by atomic mass is 10.0. The Morgan fingerprint density at radius 3 is 2.90 bits per heavy atom. The van der Waals surface area contributed by atoms with Gasteiger partial charge in [0.05, 0.1) is 24.7 Å². The summed E-state index contributed by atoms with van der Waals surface area (Å²) >= 11 is 0. The lowest BCUT2D eigenvalue weighted by Gasteiger charge is -2.25. The number of nitrogens with zero attached hydrogens (tertiary/aromatic N) is 2. The maximum atomic E-state index is 6.25. The maximum absolute atomic E-state index is 6.25. The van der Waals surface area contributed by atoms with Crippen molar-refractivity contribution in [3.8, 4) is 0 Å². The highest BCUT2D eigenvalue weighted by molar-refractivity contribution is 5.06. The Bertz CT molecular complexity index is 404. The molecule has 112 valence electrons. The van der Waals surface area contributed by atoms with Crippen molar-refractivity contribution < 1.29 is 9.15 Å². The van der Waals surface area contributed by atoms with Gasteiger partial charge in [-0.1, -0.05) is 0 Å². The molecular weight excluding hydrogens is 252 g/mol. The number of furan rings is 1. The Kier molecular flexibility index (Phi) is 4.15. The number of hydrogen-bond donors (Lipinski definition) is 0. The molecule has 3 atom stereocenters. The van der Waals surface area contributed by atoms with E-state index in [0.717, 1.165) is 26.2 Å². The first-order valence-electron chi connectivity index (χ1n) is 7.71. The van der Waals surface area contributed by atoms with Crippen LogP contribution in [0.25, 0.3) is 0 Å². The van der Waals surface area contributed by atoms with Crippen LogP contribution >= 0.6 is 0 Å². The molecule has 4 heteroatoms. The number of fused-ring (bicyclic) bond motifs is 1. The Hall–Kier alpha value is -0.840. The van der Waals surface area contributed by atoms with E-state index in [9.17, 15) is 0 Å². The van der Waals surface area contributed by atoms with Gasteiger partial charge in [-0.15, -0.1) is 0 Å². The lowest BCUT2D eigenvalue weighted by Crippen LogP contribution is -2.35. The van der Waals surface area contributed by atoms with Crippen molar-refractivity contribution in [1.29, 1.82) is 0 Å². The summed E-state index contributed by atoms with van der Waals surface area (Å²) < 4.78 is 11.4. The van der Waals surface area contributed by atoms with Crippen molar-refractivity contribution in [3.05, 3.63) is 24.2 Å². The first-order chi connectivity index (χ1) is 9.61. The second kappa shape index (κ2) is 5.88. The van der Waals surface area contributed by atoms with Crippen LogP contribution in [0, 0.1) is 5.92 Å². The zero-order chi connectivity index (χ0) is 14.1. The molecule has 0 radical (unpaired) electrons. The predicted octanol–water partition coefficient (Wildman–Crippen LogP) is 2.21. The number of likely N-dealkylation sites (tertiary alicyclic amines) is 1. The number of likely N-dealkylation sites (N-methyl/N-ethyl adjacent to an activating group) is 1. The van der Waals surface area contributed by atoms with Crippen LogP contribution in [0.3, 0.4) is 0 Å². The van der Waals surface area contributed by atoms with Gasteiger partial charge in [-0.2, -0.15) is 0 Å². The molecule has 20 heavy (non-hydrogen) atoms. The van der Waals surface area contributed by atoms with Gasteiger partial charge < -0.3 is 14.1 Å². The van der Waals surface area contributed by atoms with Crippen molar-refractivity contribution in [2.75, 3.05) is 26.7 Å². The van der Waals surface area contributed by atoms with Gasteiger partial charge in [0.15, 0.2) is 0 Å². The summed E-state index contributed by atoms with van der Waals surface area (Å²) in [5.74, 6) is 0.715. The zero-order valence-corrected chi connectivity index (χ0v) is 12.8. The quantitative estimate of drug-likeness (QED) is 0.826. The normalized spacial score (nSPS) is 30.6. The first kappa shape index (κ1) is 14.1. The van der Waals surface area contributed by atoms with Crippen LogP contribution in [0.4, 0.5) is 0 Å². The van der Waals surface area contributed by atoms with Gasteiger partial charge in [-0.3, -0.25) is 4.90 Å². The van der Waals surface area contributed by atoms with E-state index < -0.39 is 0 Å². The molecule has 0 N–H and O–H groups in total. The van der Waals surface area contributed by atoms with Crippen LogP contribution < -0.4 is 0 Å². The van der Waals surface area contributed by atoms with Gasteiger partial charge in [-0.25, -0.2) is 0 Å². The Balaban J connectivity index is 1.47. The van der Waals surface area contributed by atoms with E-state index in [1.165, 1.54) is 12.0 Å². The topological polar surface area (TPSA) is 28.9 Å². The molecule has 0 aromatic carbocycles. The fourth-order valence-corrected chi connectivity index (χ4v) is 3.37. The molecule has 4 nitrogen and oxygen atoms in total. The zero-order valence-electron chi connectivity index (χ0n) is 12.8. The van der Waals surface area contributed by atoms with Crippen molar-refractivity contribution >= 4 is 0 Å². The molecule has 0 bridgehead atoms. The standard InChI is InChI=1S/C16H26N2O2/c1-12(2)17(3)9-15-6-14-8-18(10-16(14)20-15)7-13-4-5-19-11-13/h4-5,11-12,14-16H,6-10H2,1-3H3/t14-,15-,16+/m1/s1. The summed E-state index contributed by atoms with van der Waals surface area (Å²) in [6.45, 7) is 8.76. The van der Waals surface area contributed by atoms with Crippen molar-refractivity contribution in [2.45, 2.75) is 45.1 Å². The Morgan fingerprint density at radius 1 is 1.40 bits per heavy atom. The Labute approximate surface area is 121 Å². The van der Waals surface area contributed by atoms with Crippen LogP contribution in [0.2, 0.25) is 0 Å². The fourth-order valence-electron chi connectivity index (χ4n) is 3.37. The number of hydrogen-bond acceptors (Lipinski definition) is 4. The number of ether oxygens (including phenoxy) is 1. The molecule has 0 unspecified atom stereocenters. The fraction of sp³-hybridized carbons (Fsp3) is 0.750. The van der Waals surface area contributed by atoms with Crippen LogP contribution in [0.1, 0.15) is 25.8 Å². The monoisotopic (exact) mass is 278 g/mol. The van der Waals surface area contributed by atoms with Crippen LogP contribution in [-0.2, 0) is 11.3 Å². The summed E-state index contributed by atoms with van der Waals surface area (Å²) in [7, 11) is 2.19. The van der Waals surface area contributed by atoms with Crippen LogP contribution in [0.15, 0.2) is 23.0 Å². The highest BCUT2D eigenvalue weighted by atomic mass is 16.5. The van der Waals surface area contributed by atoms with Gasteiger partial charge in [0.25, 0.3) is 0 Å². The van der Waals surface area contributed by atoms with Crippen molar-refractivity contribution in [2.24, 2.45) is 5.92 Å². The van der Waals surface area contributed by atoms with Gasteiger partial charge in [0, 0.05) is 43.7 Å². The van der Waals surface area contributed by atoms with E-state index in [-0.39, 0.29) is 0 Å². The molecule has 2 fully saturated rings. The summed E-state index contributed by atoms with van der Waals surface area (Å²) in [4.78, 5) is 4.87. The molecule has 0 saturated carbocycles. The number of rotatable bonds is 5. The van der Waals surface area contributed by atoms with Crippen LogP contribution in [-0.4, -0.2) is 54.7 Å². The molecular formula is C16H26N2O2. The minimum atomic E-state index is 0.425. The summed E-state index contributed by atoms with van der Waals surface area (Å²) in [6.07, 6.45) is 5.67. The predicted molar refractivity (Wildman–Crippen MR) is 78.5 cm³/mol. The van der Waals surface area contributed by atoms with Gasteiger partial charge in [-0.05, 0) is 33.4 Å². The molecule has 0 amide bonds. The summed E-state index contributed by atoms with van der Waals surface area (Å²) in [6, 6.07) is 2.65. The van der Waals surface area contributed by atoms with E-state index >= 15 is 0 Å². The highest BCUT2D eigenvalue weighted by Gasteiger charge is 2.42. The lowest BCUT2D eigenvalue weighted by molar-refractivity contribution is 0.0171. The highest BCUT2D eigenvalue weighted by Crippen LogP contribution is 2.34. The van der Waals surface area contributed by atoms with Gasteiger partial charge in [0.1, 0.15) is 0 Å². The third-order valence-electron chi connectivity index (χ3n) is 4.75. The summed E-state index contributed by atoms with van der Waals surface area (Å²) in [5, 5.41) is 0. The van der Waals surface area contributed by atoms with E-state index in [2.05, 4.69) is 36.8 Å². The average molecular weight is 278 g/mol. The smallest absolute Gasteiger partial charge is 0.0947 e. The largest absolute Gasteiger partial charge is 0.472 e. The molecule has 3 rings (SSSR count). The van der Waals surface area contributed by atoms with Gasteiger partial charge in [0.2, 0.25) is 0 Å². The molecule has 2 saturated heterocycles. The minimum absolute atomic E-state index is 0.425. The van der Waals surface area contributed by atoms with E-state index in [0.29, 0.717) is 24.2 Å². The summed E-state index contributed by atoms with van der Waals surface area (Å²) in [5.41, 5.74) is 1.26. The molecule has 2 aliphatic heterocycles. The molecule has 0 spiro atoms. The third-order valence-corrected chi connectivity index (χ3v) is 4.75. The maximum Gasteiger partial charge on any atom is 0.0947 e. The first-order valence-corrected chi connectivity index (χ1v) is 7.71. The van der Waals surface area contributed by atoms with E-state index in [1.807, 2.05) is 6.26 Å². The molecule has 2 aliphatic rings. The average Bonchev–Trinajstić information content (AvgIpc) is 3.05. The molecule has 0 aliphatic carbocycles. The van der Waals surface area contributed by atoms with E-state index in [4.69, 9.17) is 9.15 Å². The minimum Gasteiger partial charge on any atom is -0.472 e. The SMILES string of the molecule is CC(C)N(C)C[C@H]1C[C@@H]2CN(Cc3ccoc3)C[C@@H]2O1. The van der Waals surface area contributed by atoms with Crippen molar-refractivity contribution in [3.63, 3.8) is 0 Å². The van der Waals surface area contributed by atoms with E-state index in [1.54, 1.807) is 6.26 Å². The third kappa shape index (κ3) is 3.08. The van der Waals surface area contributed by atoms with Crippen molar-refractivity contribution in [1.82, 2.24) is 9.80 Å². The second-order valence-corrected chi connectivity index (χ2v) is 6.65. The Morgan fingerprint density at radius 2 is 2.25 bits per heavy atom.